The van der Waals surface area contributed by atoms with Gasteiger partial charge in [-0.25, -0.2) is 18.1 Å². The van der Waals surface area contributed by atoms with Crippen molar-refractivity contribution in [1.29, 1.82) is 0 Å². The molecule has 0 aromatic carbocycles. The molecule has 0 bridgehead atoms. The van der Waals surface area contributed by atoms with Crippen molar-refractivity contribution in [2.24, 2.45) is 0 Å². The van der Waals surface area contributed by atoms with E-state index >= 15 is 0 Å². The summed E-state index contributed by atoms with van der Waals surface area (Å²) >= 11 is 3.24. The number of methoxy groups -OCH3 is 1. The van der Waals surface area contributed by atoms with E-state index in [-0.39, 0.29) is 4.90 Å². The predicted octanol–water partition coefficient (Wildman–Crippen LogP) is 1.98. The number of rotatable bonds is 9. The Bertz CT molecular complexity index is 523. The lowest BCUT2D eigenvalue weighted by molar-refractivity contribution is 0.193. The van der Waals surface area contributed by atoms with Crippen molar-refractivity contribution >= 4 is 31.8 Å². The molecule has 20 heavy (non-hydrogen) atoms. The van der Waals surface area contributed by atoms with Gasteiger partial charge in [0.2, 0.25) is 10.0 Å². The number of hydrogen-bond acceptors (Lipinski definition) is 5. The lowest BCUT2D eigenvalue weighted by Crippen LogP contribution is -2.26. The Morgan fingerprint density at radius 2 is 2.15 bits per heavy atom. The third kappa shape index (κ3) is 5.35. The number of nitrogens with zero attached hydrogens (tertiary/aromatic N) is 1. The summed E-state index contributed by atoms with van der Waals surface area (Å²) in [5.74, 6) is 0.361. The highest BCUT2D eigenvalue weighted by molar-refractivity contribution is 9.10. The molecule has 0 amide bonds. The van der Waals surface area contributed by atoms with Crippen LogP contribution >= 0.6 is 15.9 Å². The first-order chi connectivity index (χ1) is 9.51. The van der Waals surface area contributed by atoms with E-state index in [0.29, 0.717) is 30.0 Å². The van der Waals surface area contributed by atoms with Gasteiger partial charge in [-0.2, -0.15) is 0 Å². The number of sulfonamides is 1. The van der Waals surface area contributed by atoms with Crippen molar-refractivity contribution in [3.8, 4) is 0 Å². The Hall–Kier alpha value is -0.700. The van der Waals surface area contributed by atoms with Gasteiger partial charge < -0.3 is 10.1 Å². The summed E-state index contributed by atoms with van der Waals surface area (Å²) in [5.41, 5.74) is 0. The minimum Gasteiger partial charge on any atom is -0.385 e. The van der Waals surface area contributed by atoms with Crippen LogP contribution in [-0.4, -0.2) is 40.2 Å². The molecule has 0 unspecified atom stereocenters. The van der Waals surface area contributed by atoms with Gasteiger partial charge in [-0.3, -0.25) is 0 Å². The lowest BCUT2D eigenvalue weighted by atomic mass is 10.3. The minimum atomic E-state index is -3.57. The van der Waals surface area contributed by atoms with Crippen LogP contribution in [0.1, 0.15) is 19.8 Å². The molecule has 0 saturated heterocycles. The fourth-order valence-electron chi connectivity index (χ4n) is 1.58. The number of nitrogens with one attached hydrogen (secondary N) is 2. The van der Waals surface area contributed by atoms with Gasteiger partial charge in [0.15, 0.2) is 0 Å². The van der Waals surface area contributed by atoms with E-state index in [0.717, 1.165) is 12.8 Å². The smallest absolute Gasteiger partial charge is 0.244 e. The van der Waals surface area contributed by atoms with Crippen LogP contribution in [-0.2, 0) is 14.8 Å². The minimum absolute atomic E-state index is 0.153. The molecule has 0 radical (unpaired) electrons. The third-order valence-corrected chi connectivity index (χ3v) is 4.43. The largest absolute Gasteiger partial charge is 0.385 e. The fraction of sp³-hybridized carbons (Fsp3) is 0.583. The highest BCUT2D eigenvalue weighted by atomic mass is 79.9. The number of hydrogen-bond donors (Lipinski definition) is 2. The molecular formula is C12H20BrN3O3S. The SMILES string of the molecule is CCNc1ncc(Br)cc1S(=O)(=O)NCCCCOC. The summed E-state index contributed by atoms with van der Waals surface area (Å²) < 4.78 is 32.7. The molecule has 1 aromatic heterocycles. The Morgan fingerprint density at radius 3 is 2.80 bits per heavy atom. The van der Waals surface area contributed by atoms with Crippen molar-refractivity contribution in [3.05, 3.63) is 16.7 Å². The van der Waals surface area contributed by atoms with E-state index in [2.05, 4.69) is 31.0 Å². The van der Waals surface area contributed by atoms with E-state index in [1.165, 1.54) is 0 Å². The summed E-state index contributed by atoms with van der Waals surface area (Å²) in [7, 11) is -1.94. The van der Waals surface area contributed by atoms with E-state index in [1.807, 2.05) is 6.92 Å². The monoisotopic (exact) mass is 365 g/mol. The van der Waals surface area contributed by atoms with Crippen LogP contribution < -0.4 is 10.0 Å². The van der Waals surface area contributed by atoms with E-state index < -0.39 is 10.0 Å². The molecule has 1 aromatic rings. The summed E-state index contributed by atoms with van der Waals surface area (Å²) in [4.78, 5) is 4.25. The second-order valence-electron chi connectivity index (χ2n) is 4.13. The molecule has 0 aliphatic rings. The van der Waals surface area contributed by atoms with Crippen LogP contribution in [0.3, 0.4) is 0 Å². The Labute approximate surface area is 128 Å². The Morgan fingerprint density at radius 1 is 1.40 bits per heavy atom. The molecular weight excluding hydrogens is 346 g/mol. The molecule has 0 atom stereocenters. The first kappa shape index (κ1) is 17.4. The zero-order valence-corrected chi connectivity index (χ0v) is 14.1. The van der Waals surface area contributed by atoms with Crippen molar-refractivity contribution in [2.45, 2.75) is 24.7 Å². The van der Waals surface area contributed by atoms with Gasteiger partial charge in [0.1, 0.15) is 10.7 Å². The van der Waals surface area contributed by atoms with Gasteiger partial charge in [-0.1, -0.05) is 0 Å². The number of pyridine rings is 1. The maximum atomic E-state index is 12.3. The van der Waals surface area contributed by atoms with Gasteiger partial charge >= 0.3 is 0 Å². The van der Waals surface area contributed by atoms with Crippen LogP contribution in [0, 0.1) is 0 Å². The predicted molar refractivity (Wildman–Crippen MR) is 82.4 cm³/mol. The Kier molecular flexibility index (Phi) is 7.42. The second kappa shape index (κ2) is 8.56. The molecule has 114 valence electrons. The summed E-state index contributed by atoms with van der Waals surface area (Å²) in [5, 5.41) is 2.95. The van der Waals surface area contributed by atoms with Crippen LogP contribution in [0.5, 0.6) is 0 Å². The van der Waals surface area contributed by atoms with E-state index in [1.54, 1.807) is 19.4 Å². The number of aromatic nitrogens is 1. The zero-order chi connectivity index (χ0) is 15.0. The average Bonchev–Trinajstić information content (AvgIpc) is 2.40. The number of ether oxygens (including phenoxy) is 1. The van der Waals surface area contributed by atoms with Crippen LogP contribution in [0.4, 0.5) is 5.82 Å². The number of halogens is 1. The van der Waals surface area contributed by atoms with Crippen LogP contribution in [0.25, 0.3) is 0 Å². The number of unbranched alkanes of at least 4 members (excludes halogenated alkanes) is 1. The van der Waals surface area contributed by atoms with Gasteiger partial charge in [0.25, 0.3) is 0 Å². The first-order valence-corrected chi connectivity index (χ1v) is 8.67. The van der Waals surface area contributed by atoms with Crippen molar-refractivity contribution < 1.29 is 13.2 Å². The maximum Gasteiger partial charge on any atom is 0.244 e. The summed E-state index contributed by atoms with van der Waals surface area (Å²) in [6, 6.07) is 1.54. The fourth-order valence-corrected chi connectivity index (χ4v) is 3.29. The molecule has 6 nitrogen and oxygen atoms in total. The highest BCUT2D eigenvalue weighted by Crippen LogP contribution is 2.22. The lowest BCUT2D eigenvalue weighted by Gasteiger charge is -2.11. The number of anilines is 1. The average molecular weight is 366 g/mol. The van der Waals surface area contributed by atoms with E-state index in [9.17, 15) is 8.42 Å². The molecule has 0 aliphatic heterocycles. The van der Waals surface area contributed by atoms with E-state index in [4.69, 9.17) is 4.74 Å². The highest BCUT2D eigenvalue weighted by Gasteiger charge is 2.19. The van der Waals surface area contributed by atoms with Crippen molar-refractivity contribution in [1.82, 2.24) is 9.71 Å². The normalized spacial score (nSPS) is 11.6. The molecule has 0 aliphatic carbocycles. The first-order valence-electron chi connectivity index (χ1n) is 6.39. The second-order valence-corrected chi connectivity index (χ2v) is 6.78. The quantitative estimate of drug-likeness (QED) is 0.654. The zero-order valence-electron chi connectivity index (χ0n) is 11.6. The van der Waals surface area contributed by atoms with Crippen LogP contribution in [0.15, 0.2) is 21.6 Å². The van der Waals surface area contributed by atoms with Gasteiger partial charge in [0, 0.05) is 37.5 Å². The third-order valence-electron chi connectivity index (χ3n) is 2.52. The van der Waals surface area contributed by atoms with Crippen molar-refractivity contribution in [3.63, 3.8) is 0 Å². The maximum absolute atomic E-state index is 12.3. The summed E-state index contributed by atoms with van der Waals surface area (Å²) in [6.45, 7) is 3.50. The van der Waals surface area contributed by atoms with Crippen molar-refractivity contribution in [2.75, 3.05) is 32.1 Å². The molecule has 0 fully saturated rings. The molecule has 0 saturated carbocycles. The molecule has 1 rings (SSSR count). The van der Waals surface area contributed by atoms with Crippen LogP contribution in [0.2, 0.25) is 0 Å². The van der Waals surface area contributed by atoms with Gasteiger partial charge in [-0.15, -0.1) is 0 Å². The van der Waals surface area contributed by atoms with Gasteiger partial charge in [-0.05, 0) is 41.8 Å². The summed E-state index contributed by atoms with van der Waals surface area (Å²) in [6.07, 6.45) is 3.11. The van der Waals surface area contributed by atoms with Gasteiger partial charge in [0.05, 0.1) is 0 Å². The molecule has 1 heterocycles. The Balaban J connectivity index is 2.77. The topological polar surface area (TPSA) is 80.3 Å². The molecule has 8 heteroatoms. The molecule has 2 N–H and O–H groups in total. The standard InChI is InChI=1S/C12H20BrN3O3S/c1-3-14-12-11(8-10(13)9-15-12)20(17,18)16-6-4-5-7-19-2/h8-9,16H,3-7H2,1-2H3,(H,14,15). The molecule has 0 spiro atoms.